The average Bonchev–Trinajstić information content (AvgIpc) is 2.21. The predicted octanol–water partition coefficient (Wildman–Crippen LogP) is 1.29. The van der Waals surface area contributed by atoms with Gasteiger partial charge in [-0.2, -0.15) is 0 Å². The maximum atomic E-state index is 11.7. The second-order valence-electron chi connectivity index (χ2n) is 3.08. The molecular weight excluding hydrogens is 202 g/mol. The van der Waals surface area contributed by atoms with E-state index in [9.17, 15) is 8.78 Å². The molecule has 0 bridgehead atoms. The molecule has 0 aliphatic heterocycles. The standard InChI is InChI=1S/C10H18F2N2O/c1-2-3-4-5-9(14-13)6-7-15-8-10(11)12/h9-10,14H,4-8,13H2,1H3. The molecule has 0 aliphatic carbocycles. The zero-order valence-electron chi connectivity index (χ0n) is 8.93. The van der Waals surface area contributed by atoms with Crippen LogP contribution in [0.15, 0.2) is 0 Å². The summed E-state index contributed by atoms with van der Waals surface area (Å²) in [5.41, 5.74) is 2.61. The van der Waals surface area contributed by atoms with Gasteiger partial charge in [-0.25, -0.2) is 8.78 Å². The van der Waals surface area contributed by atoms with E-state index in [2.05, 4.69) is 17.3 Å². The van der Waals surface area contributed by atoms with Crippen LogP contribution < -0.4 is 11.3 Å². The summed E-state index contributed by atoms with van der Waals surface area (Å²) >= 11 is 0. The van der Waals surface area contributed by atoms with Gasteiger partial charge in [0, 0.05) is 19.1 Å². The highest BCUT2D eigenvalue weighted by Gasteiger charge is 2.06. The van der Waals surface area contributed by atoms with Crippen LogP contribution in [0.1, 0.15) is 26.2 Å². The predicted molar refractivity (Wildman–Crippen MR) is 55.2 cm³/mol. The van der Waals surface area contributed by atoms with Crippen LogP contribution >= 0.6 is 0 Å². The molecular formula is C10H18F2N2O. The second kappa shape index (κ2) is 9.84. The number of nitrogens with two attached hydrogens (primary N) is 1. The highest BCUT2D eigenvalue weighted by Crippen LogP contribution is 2.01. The summed E-state index contributed by atoms with van der Waals surface area (Å²) in [7, 11) is 0. The van der Waals surface area contributed by atoms with E-state index in [1.165, 1.54) is 0 Å². The van der Waals surface area contributed by atoms with Gasteiger partial charge in [-0.3, -0.25) is 11.3 Å². The van der Waals surface area contributed by atoms with Gasteiger partial charge in [0.05, 0.1) is 0 Å². The molecule has 88 valence electrons. The quantitative estimate of drug-likeness (QED) is 0.280. The molecule has 15 heavy (non-hydrogen) atoms. The summed E-state index contributed by atoms with van der Waals surface area (Å²) in [6.07, 6.45) is -0.232. The van der Waals surface area contributed by atoms with Crippen molar-refractivity contribution in [2.24, 2.45) is 5.84 Å². The molecule has 0 saturated carbocycles. The maximum Gasteiger partial charge on any atom is 0.261 e. The lowest BCUT2D eigenvalue weighted by Crippen LogP contribution is -2.36. The number of hydrogen-bond donors (Lipinski definition) is 2. The Labute approximate surface area is 89.3 Å². The van der Waals surface area contributed by atoms with Crippen LogP contribution in [0.5, 0.6) is 0 Å². The first-order valence-corrected chi connectivity index (χ1v) is 4.92. The van der Waals surface area contributed by atoms with Crippen molar-refractivity contribution >= 4 is 0 Å². The number of alkyl halides is 2. The summed E-state index contributed by atoms with van der Waals surface area (Å²) in [5.74, 6) is 11.0. The Morgan fingerprint density at radius 3 is 2.67 bits per heavy atom. The molecule has 0 rings (SSSR count). The lowest BCUT2D eigenvalue weighted by Gasteiger charge is -2.14. The van der Waals surface area contributed by atoms with Gasteiger partial charge in [0.15, 0.2) is 0 Å². The van der Waals surface area contributed by atoms with Crippen LogP contribution in [0.2, 0.25) is 0 Å². The fraction of sp³-hybridized carbons (Fsp3) is 0.800. The van der Waals surface area contributed by atoms with Crippen molar-refractivity contribution in [3.8, 4) is 11.8 Å². The van der Waals surface area contributed by atoms with Gasteiger partial charge < -0.3 is 4.74 Å². The van der Waals surface area contributed by atoms with E-state index in [0.29, 0.717) is 13.0 Å². The summed E-state index contributed by atoms with van der Waals surface area (Å²) in [6.45, 7) is 1.56. The molecule has 0 aromatic carbocycles. The van der Waals surface area contributed by atoms with Crippen LogP contribution in [0.3, 0.4) is 0 Å². The molecule has 0 heterocycles. The average molecular weight is 220 g/mol. The monoisotopic (exact) mass is 220 g/mol. The summed E-state index contributed by atoms with van der Waals surface area (Å²) in [5, 5.41) is 0. The number of hydrogen-bond acceptors (Lipinski definition) is 3. The largest absolute Gasteiger partial charge is 0.375 e. The Morgan fingerprint density at radius 1 is 1.40 bits per heavy atom. The Hall–Kier alpha value is -0.700. The first-order valence-electron chi connectivity index (χ1n) is 4.92. The minimum Gasteiger partial charge on any atom is -0.375 e. The first kappa shape index (κ1) is 14.3. The Morgan fingerprint density at radius 2 is 2.13 bits per heavy atom. The van der Waals surface area contributed by atoms with Gasteiger partial charge in [0.1, 0.15) is 6.61 Å². The van der Waals surface area contributed by atoms with Crippen LogP contribution in [-0.4, -0.2) is 25.7 Å². The SMILES string of the molecule is CC#CCCC(CCOCC(F)F)NN. The highest BCUT2D eigenvalue weighted by molar-refractivity contribution is 4.95. The van der Waals surface area contributed by atoms with E-state index >= 15 is 0 Å². The Balaban J connectivity index is 3.46. The molecule has 0 aromatic heterocycles. The number of rotatable bonds is 8. The van der Waals surface area contributed by atoms with Crippen LogP contribution in [0.25, 0.3) is 0 Å². The third-order valence-corrected chi connectivity index (χ3v) is 1.88. The van der Waals surface area contributed by atoms with E-state index in [1.54, 1.807) is 6.92 Å². The molecule has 3 nitrogen and oxygen atoms in total. The van der Waals surface area contributed by atoms with E-state index < -0.39 is 13.0 Å². The van der Waals surface area contributed by atoms with Gasteiger partial charge in [-0.15, -0.1) is 11.8 Å². The van der Waals surface area contributed by atoms with Crippen molar-refractivity contribution in [2.75, 3.05) is 13.2 Å². The Bertz CT molecular complexity index is 201. The van der Waals surface area contributed by atoms with Crippen molar-refractivity contribution in [1.82, 2.24) is 5.43 Å². The highest BCUT2D eigenvalue weighted by atomic mass is 19.3. The lowest BCUT2D eigenvalue weighted by atomic mass is 10.1. The lowest BCUT2D eigenvalue weighted by molar-refractivity contribution is 0.0142. The van der Waals surface area contributed by atoms with Gasteiger partial charge in [0.25, 0.3) is 6.43 Å². The smallest absolute Gasteiger partial charge is 0.261 e. The molecule has 0 spiro atoms. The third-order valence-electron chi connectivity index (χ3n) is 1.88. The van der Waals surface area contributed by atoms with Crippen LogP contribution in [0.4, 0.5) is 8.78 Å². The number of hydrazine groups is 1. The molecule has 1 atom stereocenters. The van der Waals surface area contributed by atoms with Crippen LogP contribution in [-0.2, 0) is 4.74 Å². The van der Waals surface area contributed by atoms with Crippen molar-refractivity contribution < 1.29 is 13.5 Å². The van der Waals surface area contributed by atoms with Gasteiger partial charge in [-0.05, 0) is 19.8 Å². The summed E-state index contributed by atoms with van der Waals surface area (Å²) in [6, 6.07) is 0.0727. The normalized spacial score (nSPS) is 12.3. The number of nitrogens with one attached hydrogen (secondary N) is 1. The molecule has 0 aromatic rings. The molecule has 5 heteroatoms. The van der Waals surface area contributed by atoms with Crippen molar-refractivity contribution in [1.29, 1.82) is 0 Å². The summed E-state index contributed by atoms with van der Waals surface area (Å²) < 4.78 is 28.2. The number of ether oxygens (including phenoxy) is 1. The second-order valence-corrected chi connectivity index (χ2v) is 3.08. The maximum absolute atomic E-state index is 11.7. The van der Waals surface area contributed by atoms with Crippen molar-refractivity contribution in [3.05, 3.63) is 0 Å². The Kier molecular flexibility index (Phi) is 9.38. The number of halogens is 2. The molecule has 0 aliphatic rings. The van der Waals surface area contributed by atoms with Gasteiger partial charge >= 0.3 is 0 Å². The zero-order valence-corrected chi connectivity index (χ0v) is 8.93. The van der Waals surface area contributed by atoms with E-state index in [1.807, 2.05) is 0 Å². The molecule has 0 radical (unpaired) electrons. The van der Waals surface area contributed by atoms with E-state index in [0.717, 1.165) is 12.8 Å². The van der Waals surface area contributed by atoms with E-state index in [-0.39, 0.29) is 6.04 Å². The first-order chi connectivity index (χ1) is 7.20. The van der Waals surface area contributed by atoms with Gasteiger partial charge in [-0.1, -0.05) is 0 Å². The zero-order chi connectivity index (χ0) is 11.5. The minimum atomic E-state index is -2.40. The minimum absolute atomic E-state index is 0.0727. The van der Waals surface area contributed by atoms with Crippen molar-refractivity contribution in [2.45, 2.75) is 38.7 Å². The van der Waals surface area contributed by atoms with Gasteiger partial charge in [0.2, 0.25) is 0 Å². The molecule has 0 fully saturated rings. The molecule has 1 unspecified atom stereocenters. The van der Waals surface area contributed by atoms with Crippen molar-refractivity contribution in [3.63, 3.8) is 0 Å². The fourth-order valence-corrected chi connectivity index (χ4v) is 1.08. The summed E-state index contributed by atoms with van der Waals surface area (Å²) in [4.78, 5) is 0. The third kappa shape index (κ3) is 9.60. The molecule has 3 N–H and O–H groups in total. The molecule has 0 amide bonds. The fourth-order valence-electron chi connectivity index (χ4n) is 1.08. The van der Waals surface area contributed by atoms with E-state index in [4.69, 9.17) is 10.6 Å². The molecule has 0 saturated heterocycles. The van der Waals surface area contributed by atoms with Crippen LogP contribution in [0, 0.1) is 11.8 Å². The topological polar surface area (TPSA) is 47.3 Å².